The third-order valence-electron chi connectivity index (χ3n) is 2.22. The van der Waals surface area contributed by atoms with Crippen molar-refractivity contribution >= 4 is 38.5 Å². The molecule has 0 atom stereocenters. The minimum absolute atomic E-state index is 0.0300. The SMILES string of the molecule is FC1(F)C=C(I)C(Br)=C(C2=COC=CO2)C1(F)F. The molecule has 0 unspecified atom stereocenters. The van der Waals surface area contributed by atoms with Crippen LogP contribution in [0.4, 0.5) is 17.6 Å². The van der Waals surface area contributed by atoms with E-state index in [1.807, 2.05) is 0 Å². The zero-order valence-electron chi connectivity index (χ0n) is 8.39. The molecule has 0 saturated heterocycles. The first-order valence-electron chi connectivity index (χ1n) is 4.49. The Hall–Kier alpha value is -0.510. The van der Waals surface area contributed by atoms with Crippen LogP contribution in [0.15, 0.2) is 44.3 Å². The molecule has 98 valence electrons. The minimum atomic E-state index is -4.39. The second-order valence-electron chi connectivity index (χ2n) is 3.39. The summed E-state index contributed by atoms with van der Waals surface area (Å²) in [5.74, 6) is -9.14. The Morgan fingerprint density at radius 2 is 1.83 bits per heavy atom. The van der Waals surface area contributed by atoms with Crippen LogP contribution in [0, 0.1) is 0 Å². The topological polar surface area (TPSA) is 18.5 Å². The second-order valence-corrected chi connectivity index (χ2v) is 5.34. The van der Waals surface area contributed by atoms with Gasteiger partial charge in [0.25, 0.3) is 0 Å². The summed E-state index contributed by atoms with van der Waals surface area (Å²) < 4.78 is 63.6. The highest BCUT2D eigenvalue weighted by molar-refractivity contribution is 14.1. The average molecular weight is 439 g/mol. The summed E-state index contributed by atoms with van der Waals surface area (Å²) >= 11 is 4.41. The molecule has 0 aromatic rings. The highest BCUT2D eigenvalue weighted by Gasteiger charge is 2.61. The third kappa shape index (κ3) is 2.09. The molecule has 0 fully saturated rings. The van der Waals surface area contributed by atoms with E-state index in [1.54, 1.807) is 0 Å². The van der Waals surface area contributed by atoms with Gasteiger partial charge in [-0.3, -0.25) is 0 Å². The molecule has 0 N–H and O–H groups in total. The first kappa shape index (κ1) is 13.9. The molecule has 0 saturated carbocycles. The van der Waals surface area contributed by atoms with Crippen molar-refractivity contribution < 1.29 is 27.0 Å². The van der Waals surface area contributed by atoms with E-state index in [4.69, 9.17) is 4.74 Å². The van der Waals surface area contributed by atoms with Crippen LogP contribution in [0.5, 0.6) is 0 Å². The van der Waals surface area contributed by atoms with Gasteiger partial charge in [0, 0.05) is 14.1 Å². The van der Waals surface area contributed by atoms with E-state index in [9.17, 15) is 17.6 Å². The lowest BCUT2D eigenvalue weighted by molar-refractivity contribution is -0.156. The summed E-state index contributed by atoms with van der Waals surface area (Å²) in [7, 11) is 0. The zero-order valence-corrected chi connectivity index (χ0v) is 12.1. The number of ether oxygens (including phenoxy) is 2. The fraction of sp³-hybridized carbons (Fsp3) is 0.200. The highest BCUT2D eigenvalue weighted by Crippen LogP contribution is 2.52. The number of rotatable bonds is 1. The summed E-state index contributed by atoms with van der Waals surface area (Å²) in [6.45, 7) is 0. The quantitative estimate of drug-likeness (QED) is 0.440. The molecule has 0 amide bonds. The van der Waals surface area contributed by atoms with Crippen molar-refractivity contribution in [1.82, 2.24) is 0 Å². The van der Waals surface area contributed by atoms with Crippen LogP contribution in [0.25, 0.3) is 0 Å². The fourth-order valence-corrected chi connectivity index (χ4v) is 2.60. The molecule has 2 aliphatic rings. The van der Waals surface area contributed by atoms with Gasteiger partial charge in [-0.05, 0) is 38.5 Å². The van der Waals surface area contributed by atoms with Crippen LogP contribution >= 0.6 is 38.5 Å². The van der Waals surface area contributed by atoms with Gasteiger partial charge in [-0.2, -0.15) is 17.6 Å². The molecule has 18 heavy (non-hydrogen) atoms. The first-order valence-corrected chi connectivity index (χ1v) is 6.37. The van der Waals surface area contributed by atoms with Gasteiger partial charge in [-0.1, -0.05) is 0 Å². The Balaban J connectivity index is 2.57. The minimum Gasteiger partial charge on any atom is -0.465 e. The van der Waals surface area contributed by atoms with E-state index in [1.165, 1.54) is 22.6 Å². The van der Waals surface area contributed by atoms with Crippen LogP contribution in [0.3, 0.4) is 0 Å². The molecule has 0 radical (unpaired) electrons. The molecule has 8 heteroatoms. The summed E-state index contributed by atoms with van der Waals surface area (Å²) in [5.41, 5.74) is -0.941. The molecule has 1 heterocycles. The highest BCUT2D eigenvalue weighted by atomic mass is 127. The Bertz CT molecular complexity index is 508. The van der Waals surface area contributed by atoms with Crippen molar-refractivity contribution in [1.29, 1.82) is 0 Å². The fourth-order valence-electron chi connectivity index (χ4n) is 1.38. The van der Waals surface area contributed by atoms with E-state index in [0.717, 1.165) is 18.8 Å². The van der Waals surface area contributed by atoms with Gasteiger partial charge in [0.1, 0.15) is 18.8 Å². The predicted molar refractivity (Wildman–Crippen MR) is 67.3 cm³/mol. The predicted octanol–water partition coefficient (Wildman–Crippen LogP) is 4.60. The van der Waals surface area contributed by atoms with E-state index >= 15 is 0 Å². The Morgan fingerprint density at radius 1 is 1.17 bits per heavy atom. The van der Waals surface area contributed by atoms with Gasteiger partial charge in [0.05, 0.1) is 5.57 Å². The molecule has 0 aromatic carbocycles. The van der Waals surface area contributed by atoms with E-state index in [0.29, 0.717) is 0 Å². The van der Waals surface area contributed by atoms with Crippen LogP contribution in [0.2, 0.25) is 0 Å². The summed E-state index contributed by atoms with van der Waals surface area (Å²) in [6.07, 6.45) is 3.14. The molecule has 0 bridgehead atoms. The van der Waals surface area contributed by atoms with Crippen molar-refractivity contribution in [3.8, 4) is 0 Å². The molecule has 1 aliphatic carbocycles. The van der Waals surface area contributed by atoms with Crippen LogP contribution in [-0.2, 0) is 9.47 Å². The molecule has 2 nitrogen and oxygen atoms in total. The summed E-state index contributed by atoms with van der Waals surface area (Å²) in [5, 5.41) is 0. The maximum Gasteiger partial charge on any atom is 0.343 e. The number of halogens is 6. The zero-order chi connectivity index (χ0) is 13.6. The van der Waals surface area contributed by atoms with Crippen LogP contribution in [-0.4, -0.2) is 11.8 Å². The first-order chi connectivity index (χ1) is 8.27. The smallest absolute Gasteiger partial charge is 0.343 e. The van der Waals surface area contributed by atoms with Gasteiger partial charge in [0.15, 0.2) is 5.76 Å². The lowest BCUT2D eigenvalue weighted by Gasteiger charge is -2.31. The normalized spacial score (nSPS) is 25.0. The van der Waals surface area contributed by atoms with Crippen molar-refractivity contribution in [2.24, 2.45) is 0 Å². The van der Waals surface area contributed by atoms with Gasteiger partial charge in [-0.25, -0.2) is 0 Å². The van der Waals surface area contributed by atoms with Crippen LogP contribution < -0.4 is 0 Å². The van der Waals surface area contributed by atoms with Gasteiger partial charge in [0.2, 0.25) is 0 Å². The Kier molecular flexibility index (Phi) is 3.52. The Labute approximate surface area is 121 Å². The third-order valence-corrected chi connectivity index (χ3v) is 4.64. The lowest BCUT2D eigenvalue weighted by Crippen LogP contribution is -2.43. The van der Waals surface area contributed by atoms with Crippen LogP contribution in [0.1, 0.15) is 0 Å². The van der Waals surface area contributed by atoms with E-state index in [2.05, 4.69) is 20.7 Å². The van der Waals surface area contributed by atoms with Gasteiger partial charge < -0.3 is 9.47 Å². The van der Waals surface area contributed by atoms with Crippen molar-refractivity contribution in [2.75, 3.05) is 0 Å². The molecule has 2 rings (SSSR count). The number of hydrogen-bond acceptors (Lipinski definition) is 2. The van der Waals surface area contributed by atoms with Crippen molar-refractivity contribution in [2.45, 2.75) is 11.8 Å². The van der Waals surface area contributed by atoms with E-state index in [-0.39, 0.29) is 14.1 Å². The standard InChI is InChI=1S/C10H4BrF4IO2/c11-8-5(16)3-9(12,13)10(14,15)7(8)6-4-17-1-2-18-6/h1-4H. The second kappa shape index (κ2) is 4.55. The molecule has 1 aliphatic heterocycles. The maximum absolute atomic E-state index is 13.8. The monoisotopic (exact) mass is 438 g/mol. The number of allylic oxidation sites excluding steroid dienone is 4. The van der Waals surface area contributed by atoms with Crippen molar-refractivity contribution in [3.63, 3.8) is 0 Å². The Morgan fingerprint density at radius 3 is 2.39 bits per heavy atom. The summed E-state index contributed by atoms with van der Waals surface area (Å²) in [6, 6.07) is 0. The molecule has 0 spiro atoms. The largest absolute Gasteiger partial charge is 0.465 e. The van der Waals surface area contributed by atoms with E-state index < -0.39 is 23.2 Å². The summed E-state index contributed by atoms with van der Waals surface area (Å²) in [4.78, 5) is 0. The van der Waals surface area contributed by atoms with Gasteiger partial charge >= 0.3 is 11.8 Å². The van der Waals surface area contributed by atoms with Crippen molar-refractivity contribution in [3.05, 3.63) is 44.3 Å². The molecular formula is C10H4BrF4IO2. The average Bonchev–Trinajstić information content (AvgIpc) is 2.28. The maximum atomic E-state index is 13.8. The lowest BCUT2D eigenvalue weighted by atomic mass is 9.95. The molecular weight excluding hydrogens is 435 g/mol. The number of hydrogen-bond donors (Lipinski definition) is 0. The molecule has 0 aromatic heterocycles. The number of alkyl halides is 4. The van der Waals surface area contributed by atoms with Gasteiger partial charge in [-0.15, -0.1) is 0 Å².